The summed E-state index contributed by atoms with van der Waals surface area (Å²) in [6.45, 7) is 0. The van der Waals surface area contributed by atoms with Crippen LogP contribution >= 0.6 is 11.6 Å². The fraction of sp³-hybridized carbons (Fsp3) is 0.125. The highest BCUT2D eigenvalue weighted by Crippen LogP contribution is 2.27. The Hall–Kier alpha value is -2.33. The van der Waals surface area contributed by atoms with E-state index in [2.05, 4.69) is 4.98 Å². The van der Waals surface area contributed by atoms with Gasteiger partial charge >= 0.3 is 5.97 Å². The average molecular weight is 301 g/mol. The van der Waals surface area contributed by atoms with Gasteiger partial charge in [0.2, 0.25) is 0 Å². The van der Waals surface area contributed by atoms with E-state index >= 15 is 0 Å². The lowest BCUT2D eigenvalue weighted by Gasteiger charge is -2.18. The van der Waals surface area contributed by atoms with E-state index in [9.17, 15) is 9.90 Å². The van der Waals surface area contributed by atoms with Crippen LogP contribution in [0.25, 0.3) is 11.0 Å². The maximum absolute atomic E-state index is 11.2. The van der Waals surface area contributed by atoms with Crippen molar-refractivity contribution in [3.63, 3.8) is 0 Å². The predicted molar refractivity (Wildman–Crippen MR) is 81.6 cm³/mol. The second-order valence-electron chi connectivity index (χ2n) is 4.81. The first-order valence-electron chi connectivity index (χ1n) is 6.54. The molecule has 0 aliphatic rings. The molecule has 0 aliphatic heterocycles. The lowest BCUT2D eigenvalue weighted by Crippen LogP contribution is -2.14. The molecule has 106 valence electrons. The Morgan fingerprint density at radius 1 is 1.19 bits per heavy atom. The lowest BCUT2D eigenvalue weighted by molar-refractivity contribution is -0.137. The van der Waals surface area contributed by atoms with E-state index in [1.54, 1.807) is 18.5 Å². The fourth-order valence-electron chi connectivity index (χ4n) is 2.45. The van der Waals surface area contributed by atoms with Crippen LogP contribution in [0.4, 0.5) is 0 Å². The van der Waals surface area contributed by atoms with Crippen molar-refractivity contribution in [1.29, 1.82) is 0 Å². The van der Waals surface area contributed by atoms with E-state index in [0.717, 1.165) is 16.6 Å². The molecule has 2 aromatic carbocycles. The van der Waals surface area contributed by atoms with Gasteiger partial charge in [-0.25, -0.2) is 4.98 Å². The van der Waals surface area contributed by atoms with Crippen molar-refractivity contribution in [1.82, 2.24) is 9.55 Å². The number of nitrogens with zero attached hydrogens (tertiary/aromatic N) is 2. The van der Waals surface area contributed by atoms with E-state index in [0.29, 0.717) is 5.02 Å². The van der Waals surface area contributed by atoms with Gasteiger partial charge in [0.15, 0.2) is 0 Å². The number of carboxylic acid groups (broad SMARTS) is 1. The van der Waals surface area contributed by atoms with Gasteiger partial charge in [-0.15, -0.1) is 0 Å². The number of rotatable bonds is 4. The van der Waals surface area contributed by atoms with Gasteiger partial charge in [0.25, 0.3) is 0 Å². The van der Waals surface area contributed by atoms with Crippen molar-refractivity contribution in [2.75, 3.05) is 0 Å². The summed E-state index contributed by atoms with van der Waals surface area (Å²) < 4.78 is 1.90. The molecule has 21 heavy (non-hydrogen) atoms. The fourth-order valence-corrected chi connectivity index (χ4v) is 2.58. The molecule has 0 amide bonds. The molecular weight excluding hydrogens is 288 g/mol. The van der Waals surface area contributed by atoms with Gasteiger partial charge in [0.05, 0.1) is 29.8 Å². The molecule has 5 heteroatoms. The number of aliphatic carboxylic acids is 1. The van der Waals surface area contributed by atoms with Crippen molar-refractivity contribution < 1.29 is 9.90 Å². The Balaban J connectivity index is 2.11. The molecule has 0 aliphatic carbocycles. The number of halogens is 1. The lowest BCUT2D eigenvalue weighted by atomic mass is 10.0. The third kappa shape index (κ3) is 2.76. The standard InChI is InChI=1S/C16H13ClN2O2/c17-12-7-5-11(6-8-12)15(9-16(20)21)19-10-18-13-3-1-2-4-14(13)19/h1-8,10,15H,9H2,(H,20,21). The minimum absolute atomic E-state index is 0.0119. The number of carboxylic acids is 1. The average Bonchev–Trinajstić information content (AvgIpc) is 2.89. The Bertz CT molecular complexity index is 780. The summed E-state index contributed by atoms with van der Waals surface area (Å²) in [5.41, 5.74) is 2.66. The Morgan fingerprint density at radius 2 is 1.90 bits per heavy atom. The van der Waals surface area contributed by atoms with Crippen LogP contribution in [0.15, 0.2) is 54.9 Å². The number of para-hydroxylation sites is 2. The van der Waals surface area contributed by atoms with Crippen LogP contribution in [0.1, 0.15) is 18.0 Å². The molecule has 0 radical (unpaired) electrons. The van der Waals surface area contributed by atoms with Crippen molar-refractivity contribution in [2.45, 2.75) is 12.5 Å². The normalized spacial score (nSPS) is 12.4. The molecule has 1 heterocycles. The summed E-state index contributed by atoms with van der Waals surface area (Å²) in [5.74, 6) is -0.854. The van der Waals surface area contributed by atoms with Crippen LogP contribution in [-0.4, -0.2) is 20.6 Å². The molecule has 1 N–H and O–H groups in total. The minimum atomic E-state index is -0.854. The predicted octanol–water partition coefficient (Wildman–Crippen LogP) is 3.75. The maximum atomic E-state index is 11.2. The van der Waals surface area contributed by atoms with Crippen molar-refractivity contribution in [2.24, 2.45) is 0 Å². The summed E-state index contributed by atoms with van der Waals surface area (Å²) in [4.78, 5) is 15.6. The van der Waals surface area contributed by atoms with Crippen molar-refractivity contribution in [3.05, 3.63) is 65.4 Å². The first-order valence-corrected chi connectivity index (χ1v) is 6.92. The topological polar surface area (TPSA) is 55.1 Å². The molecule has 3 rings (SSSR count). The van der Waals surface area contributed by atoms with Crippen LogP contribution in [-0.2, 0) is 4.79 Å². The number of fused-ring (bicyclic) bond motifs is 1. The van der Waals surface area contributed by atoms with Gasteiger partial charge < -0.3 is 9.67 Å². The first-order chi connectivity index (χ1) is 10.1. The number of hydrogen-bond acceptors (Lipinski definition) is 2. The quantitative estimate of drug-likeness (QED) is 0.798. The van der Waals surface area contributed by atoms with E-state index in [4.69, 9.17) is 11.6 Å². The highest BCUT2D eigenvalue weighted by atomic mass is 35.5. The molecule has 1 aromatic heterocycles. The van der Waals surface area contributed by atoms with E-state index < -0.39 is 5.97 Å². The summed E-state index contributed by atoms with van der Waals surface area (Å²) in [5, 5.41) is 9.84. The number of hydrogen-bond donors (Lipinski definition) is 1. The van der Waals surface area contributed by atoms with Gasteiger partial charge in [-0.05, 0) is 29.8 Å². The molecular formula is C16H13ClN2O2. The third-order valence-corrected chi connectivity index (χ3v) is 3.69. The largest absolute Gasteiger partial charge is 0.481 e. The smallest absolute Gasteiger partial charge is 0.305 e. The van der Waals surface area contributed by atoms with Gasteiger partial charge in [0.1, 0.15) is 0 Å². The highest BCUT2D eigenvalue weighted by Gasteiger charge is 2.19. The maximum Gasteiger partial charge on any atom is 0.305 e. The number of carbonyl (C=O) groups is 1. The molecule has 3 aromatic rings. The number of imidazole rings is 1. The van der Waals surface area contributed by atoms with Gasteiger partial charge in [-0.2, -0.15) is 0 Å². The zero-order chi connectivity index (χ0) is 14.8. The van der Waals surface area contributed by atoms with Crippen molar-refractivity contribution >= 4 is 28.6 Å². The monoisotopic (exact) mass is 300 g/mol. The Kier molecular flexibility index (Phi) is 3.62. The SMILES string of the molecule is O=C(O)CC(c1ccc(Cl)cc1)n1cnc2ccccc21. The minimum Gasteiger partial charge on any atom is -0.481 e. The van der Waals surface area contributed by atoms with E-state index in [-0.39, 0.29) is 12.5 Å². The van der Waals surface area contributed by atoms with Gasteiger partial charge in [0, 0.05) is 5.02 Å². The van der Waals surface area contributed by atoms with Crippen LogP contribution in [0.2, 0.25) is 5.02 Å². The second-order valence-corrected chi connectivity index (χ2v) is 5.24. The molecule has 0 saturated carbocycles. The molecule has 0 bridgehead atoms. The zero-order valence-electron chi connectivity index (χ0n) is 11.1. The Morgan fingerprint density at radius 3 is 2.62 bits per heavy atom. The van der Waals surface area contributed by atoms with E-state index in [1.807, 2.05) is 41.0 Å². The summed E-state index contributed by atoms with van der Waals surface area (Å²) >= 11 is 5.91. The molecule has 0 fully saturated rings. The molecule has 1 unspecified atom stereocenters. The molecule has 1 atom stereocenters. The third-order valence-electron chi connectivity index (χ3n) is 3.44. The summed E-state index contributed by atoms with van der Waals surface area (Å²) in [7, 11) is 0. The van der Waals surface area contributed by atoms with Crippen molar-refractivity contribution in [3.8, 4) is 0 Å². The highest BCUT2D eigenvalue weighted by molar-refractivity contribution is 6.30. The van der Waals surface area contributed by atoms with Crippen LogP contribution < -0.4 is 0 Å². The number of aromatic nitrogens is 2. The zero-order valence-corrected chi connectivity index (χ0v) is 11.9. The first kappa shape index (κ1) is 13.6. The summed E-state index contributed by atoms with van der Waals surface area (Å²) in [6.07, 6.45) is 1.68. The van der Waals surface area contributed by atoms with E-state index in [1.165, 1.54) is 0 Å². The molecule has 0 spiro atoms. The number of benzene rings is 2. The van der Waals surface area contributed by atoms with Crippen LogP contribution in [0, 0.1) is 0 Å². The van der Waals surface area contributed by atoms with Gasteiger partial charge in [-0.1, -0.05) is 35.9 Å². The second kappa shape index (κ2) is 5.58. The Labute approximate surface area is 126 Å². The summed E-state index contributed by atoms with van der Waals surface area (Å²) in [6, 6.07) is 14.6. The molecule has 4 nitrogen and oxygen atoms in total. The molecule has 0 saturated heterocycles. The van der Waals surface area contributed by atoms with Crippen LogP contribution in [0.3, 0.4) is 0 Å². The van der Waals surface area contributed by atoms with Gasteiger partial charge in [-0.3, -0.25) is 4.79 Å². The van der Waals surface area contributed by atoms with Crippen LogP contribution in [0.5, 0.6) is 0 Å².